The second-order valence-electron chi connectivity index (χ2n) is 5.47. The van der Waals surface area contributed by atoms with Gasteiger partial charge in [-0.25, -0.2) is 0 Å². The molecular weight excluding hydrogens is 338 g/mol. The van der Waals surface area contributed by atoms with Crippen LogP contribution < -0.4 is 20.2 Å². The average Bonchev–Trinajstić information content (AvgIpc) is 2.66. The molecule has 1 heterocycles. The molecule has 0 aliphatic heterocycles. The normalized spacial score (nSPS) is 10.6. The number of phenols is 1. The number of carbonyl (C=O) groups excluding carboxylic acids is 1. The Hall–Kier alpha value is -3.48. The number of benzene rings is 2. The molecule has 0 bridgehead atoms. The van der Waals surface area contributed by atoms with E-state index in [1.807, 2.05) is 0 Å². The van der Waals surface area contributed by atoms with E-state index in [-0.39, 0.29) is 39.9 Å². The van der Waals surface area contributed by atoms with Gasteiger partial charge in [-0.3, -0.25) is 9.59 Å². The summed E-state index contributed by atoms with van der Waals surface area (Å²) in [6.07, 6.45) is 0. The fraction of sp³-hybridized carbons (Fsp3) is 0.158. The van der Waals surface area contributed by atoms with E-state index in [1.165, 1.54) is 33.4 Å². The molecule has 7 heteroatoms. The van der Waals surface area contributed by atoms with Crippen LogP contribution in [0.2, 0.25) is 0 Å². The van der Waals surface area contributed by atoms with Gasteiger partial charge in [0.05, 0.1) is 14.2 Å². The van der Waals surface area contributed by atoms with Crippen LogP contribution in [-0.4, -0.2) is 32.3 Å². The molecule has 0 saturated heterocycles. The minimum absolute atomic E-state index is 0.00569. The van der Waals surface area contributed by atoms with Gasteiger partial charge in [-0.2, -0.15) is 0 Å². The van der Waals surface area contributed by atoms with Crippen LogP contribution in [-0.2, 0) is 0 Å². The van der Waals surface area contributed by atoms with E-state index in [2.05, 4.69) is 5.32 Å². The summed E-state index contributed by atoms with van der Waals surface area (Å²) < 4.78 is 16.1. The smallest absolute Gasteiger partial charge is 0.251 e. The van der Waals surface area contributed by atoms with Crippen LogP contribution >= 0.6 is 0 Å². The average molecular weight is 355 g/mol. The van der Waals surface area contributed by atoms with Crippen molar-refractivity contribution in [2.24, 2.45) is 0 Å². The van der Waals surface area contributed by atoms with E-state index in [0.717, 1.165) is 0 Å². The van der Waals surface area contributed by atoms with E-state index in [0.29, 0.717) is 11.1 Å². The van der Waals surface area contributed by atoms with Crippen LogP contribution in [0.1, 0.15) is 10.4 Å². The van der Waals surface area contributed by atoms with Crippen molar-refractivity contribution in [3.63, 3.8) is 0 Å². The lowest BCUT2D eigenvalue weighted by molar-refractivity contribution is 0.0963. The summed E-state index contributed by atoms with van der Waals surface area (Å²) in [7, 11) is 4.31. The summed E-state index contributed by atoms with van der Waals surface area (Å²) in [4.78, 5) is 24.3. The van der Waals surface area contributed by atoms with Crippen molar-refractivity contribution in [3.8, 4) is 28.6 Å². The molecular formula is C19H17NO6. The summed E-state index contributed by atoms with van der Waals surface area (Å²) in [5.74, 6) is -0.0428. The first-order valence-electron chi connectivity index (χ1n) is 7.74. The number of methoxy groups -OCH3 is 2. The van der Waals surface area contributed by atoms with Crippen molar-refractivity contribution >= 4 is 16.9 Å². The van der Waals surface area contributed by atoms with Gasteiger partial charge in [0.15, 0.2) is 16.9 Å². The third-order valence-electron chi connectivity index (χ3n) is 3.97. The number of ether oxygens (including phenoxy) is 2. The van der Waals surface area contributed by atoms with Crippen LogP contribution in [0.5, 0.6) is 17.2 Å². The Bertz CT molecular complexity index is 1050. The molecule has 0 aliphatic carbocycles. The van der Waals surface area contributed by atoms with Crippen molar-refractivity contribution in [1.82, 2.24) is 5.32 Å². The highest BCUT2D eigenvalue weighted by Crippen LogP contribution is 2.42. The zero-order valence-corrected chi connectivity index (χ0v) is 14.5. The monoisotopic (exact) mass is 355 g/mol. The summed E-state index contributed by atoms with van der Waals surface area (Å²) >= 11 is 0. The lowest BCUT2D eigenvalue weighted by atomic mass is 10.1. The molecule has 0 spiro atoms. The fourth-order valence-corrected chi connectivity index (χ4v) is 2.71. The molecule has 0 aliphatic rings. The molecule has 7 nitrogen and oxygen atoms in total. The zero-order chi connectivity index (χ0) is 18.8. The van der Waals surface area contributed by atoms with E-state index in [4.69, 9.17) is 13.9 Å². The maximum Gasteiger partial charge on any atom is 0.251 e. The van der Waals surface area contributed by atoms with Crippen molar-refractivity contribution in [3.05, 3.63) is 52.2 Å². The minimum Gasteiger partial charge on any atom is -0.504 e. The van der Waals surface area contributed by atoms with Crippen molar-refractivity contribution in [2.75, 3.05) is 21.3 Å². The number of hydrogen-bond acceptors (Lipinski definition) is 6. The largest absolute Gasteiger partial charge is 0.504 e. The summed E-state index contributed by atoms with van der Waals surface area (Å²) in [6.45, 7) is 0. The topological polar surface area (TPSA) is 98.0 Å². The van der Waals surface area contributed by atoms with Gasteiger partial charge in [0.25, 0.3) is 5.91 Å². The summed E-state index contributed by atoms with van der Waals surface area (Å²) in [6, 6.07) is 9.41. The minimum atomic E-state index is -0.440. The van der Waals surface area contributed by atoms with Gasteiger partial charge in [-0.1, -0.05) is 12.1 Å². The third-order valence-corrected chi connectivity index (χ3v) is 3.97. The molecule has 134 valence electrons. The van der Waals surface area contributed by atoms with E-state index in [1.54, 1.807) is 24.3 Å². The highest BCUT2D eigenvalue weighted by atomic mass is 16.5. The standard InChI is InChI=1S/C19H17NO6/c1-20-19(23)11-6-4-5-10(7-11)13-8-12(21)16-14(26-13)9-15(24-2)18(25-3)17(16)22/h4-9,22H,1-3H3,(H,20,23). The number of hydrogen-bond donors (Lipinski definition) is 2. The van der Waals surface area contributed by atoms with E-state index in [9.17, 15) is 14.7 Å². The number of rotatable bonds is 4. The number of amides is 1. The van der Waals surface area contributed by atoms with Crippen LogP contribution in [0, 0.1) is 0 Å². The molecule has 0 saturated carbocycles. The Balaban J connectivity index is 2.24. The Labute approximate surface area is 148 Å². The van der Waals surface area contributed by atoms with Crippen molar-refractivity contribution in [2.45, 2.75) is 0 Å². The molecule has 1 aromatic heterocycles. The number of fused-ring (bicyclic) bond motifs is 1. The second-order valence-corrected chi connectivity index (χ2v) is 5.47. The van der Waals surface area contributed by atoms with Crippen molar-refractivity contribution in [1.29, 1.82) is 0 Å². The SMILES string of the molecule is CNC(=O)c1cccc(-c2cc(=O)c3c(O)c(OC)c(OC)cc3o2)c1. The molecule has 3 aromatic rings. The molecule has 0 unspecified atom stereocenters. The molecule has 0 fully saturated rings. The molecule has 3 rings (SSSR count). The van der Waals surface area contributed by atoms with Gasteiger partial charge in [0.2, 0.25) is 5.75 Å². The van der Waals surface area contributed by atoms with Gasteiger partial charge in [0, 0.05) is 30.3 Å². The number of nitrogens with one attached hydrogen (secondary N) is 1. The predicted octanol–water partition coefficient (Wildman–Crippen LogP) is 2.54. The van der Waals surface area contributed by atoms with Gasteiger partial charge in [-0.05, 0) is 12.1 Å². The third kappa shape index (κ3) is 2.83. The van der Waals surface area contributed by atoms with E-state index >= 15 is 0 Å². The highest BCUT2D eigenvalue weighted by molar-refractivity contribution is 5.95. The highest BCUT2D eigenvalue weighted by Gasteiger charge is 2.19. The number of phenolic OH excluding ortho intramolecular Hbond substituents is 1. The number of carbonyl (C=O) groups is 1. The maximum atomic E-state index is 12.5. The van der Waals surface area contributed by atoms with E-state index < -0.39 is 5.43 Å². The first-order valence-corrected chi connectivity index (χ1v) is 7.74. The maximum absolute atomic E-state index is 12.5. The van der Waals surface area contributed by atoms with Crippen LogP contribution in [0.15, 0.2) is 45.6 Å². The molecule has 1 amide bonds. The quantitative estimate of drug-likeness (QED) is 0.746. The molecule has 2 aromatic carbocycles. The van der Waals surface area contributed by atoms with Gasteiger partial charge in [0.1, 0.15) is 16.7 Å². The summed E-state index contributed by atoms with van der Waals surface area (Å²) in [5.41, 5.74) is 0.695. The first kappa shape index (κ1) is 17.3. The Morgan fingerprint density at radius 2 is 1.92 bits per heavy atom. The first-order chi connectivity index (χ1) is 12.5. The van der Waals surface area contributed by atoms with Gasteiger partial charge < -0.3 is 24.3 Å². The molecule has 2 N–H and O–H groups in total. The summed E-state index contributed by atoms with van der Waals surface area (Å²) in [5, 5.41) is 12.9. The Kier molecular flexibility index (Phi) is 4.53. The van der Waals surface area contributed by atoms with Crippen LogP contribution in [0.25, 0.3) is 22.3 Å². The zero-order valence-electron chi connectivity index (χ0n) is 14.5. The number of aromatic hydroxyl groups is 1. The predicted molar refractivity (Wildman–Crippen MR) is 96.1 cm³/mol. The second kappa shape index (κ2) is 6.79. The van der Waals surface area contributed by atoms with Gasteiger partial charge >= 0.3 is 0 Å². The Morgan fingerprint density at radius 3 is 2.58 bits per heavy atom. The molecule has 26 heavy (non-hydrogen) atoms. The fourth-order valence-electron chi connectivity index (χ4n) is 2.71. The Morgan fingerprint density at radius 1 is 1.15 bits per heavy atom. The van der Waals surface area contributed by atoms with Crippen molar-refractivity contribution < 1.29 is 23.8 Å². The molecule has 0 radical (unpaired) electrons. The lowest BCUT2D eigenvalue weighted by Gasteiger charge is -2.12. The van der Waals surface area contributed by atoms with Crippen LogP contribution in [0.3, 0.4) is 0 Å². The lowest BCUT2D eigenvalue weighted by Crippen LogP contribution is -2.17. The molecule has 0 atom stereocenters. The van der Waals surface area contributed by atoms with Crippen LogP contribution in [0.4, 0.5) is 0 Å². The van der Waals surface area contributed by atoms with Gasteiger partial charge in [-0.15, -0.1) is 0 Å².